The summed E-state index contributed by atoms with van der Waals surface area (Å²) in [6.07, 6.45) is 5.32. The number of rotatable bonds is 6. The molecule has 0 aromatic carbocycles. The number of nitrogens with zero attached hydrogens (tertiary/aromatic N) is 3. The number of nitrogens with two attached hydrogens (primary N) is 1. The van der Waals surface area contributed by atoms with Gasteiger partial charge < -0.3 is 10.3 Å². The van der Waals surface area contributed by atoms with Crippen molar-refractivity contribution < 1.29 is 0 Å². The highest BCUT2D eigenvalue weighted by atomic mass is 15.1. The summed E-state index contributed by atoms with van der Waals surface area (Å²) in [6, 6.07) is 0. The first kappa shape index (κ1) is 14.8. The summed E-state index contributed by atoms with van der Waals surface area (Å²) < 4.78 is 2.33. The van der Waals surface area contributed by atoms with Gasteiger partial charge in [0.2, 0.25) is 0 Å². The van der Waals surface area contributed by atoms with Gasteiger partial charge in [0.15, 0.2) is 5.82 Å². The van der Waals surface area contributed by atoms with Crippen molar-refractivity contribution in [3.8, 4) is 0 Å². The van der Waals surface area contributed by atoms with E-state index >= 15 is 0 Å². The third kappa shape index (κ3) is 2.65. The van der Waals surface area contributed by atoms with Crippen molar-refractivity contribution >= 4 is 16.9 Å². The van der Waals surface area contributed by atoms with E-state index in [0.29, 0.717) is 5.82 Å². The molecule has 20 heavy (non-hydrogen) atoms. The van der Waals surface area contributed by atoms with Crippen LogP contribution in [-0.2, 0) is 13.0 Å². The van der Waals surface area contributed by atoms with Gasteiger partial charge in [0, 0.05) is 18.7 Å². The summed E-state index contributed by atoms with van der Waals surface area (Å²) in [4.78, 5) is 9.17. The number of pyridine rings is 1. The van der Waals surface area contributed by atoms with E-state index in [4.69, 9.17) is 10.7 Å². The Hall–Kier alpha value is -1.58. The average molecular weight is 273 g/mol. The molecular formula is C16H25N4. The lowest BCUT2D eigenvalue weighted by Gasteiger charge is -2.11. The molecule has 2 heterocycles. The normalized spacial score (nSPS) is 11.4. The second kappa shape index (κ2) is 6.25. The number of anilines is 1. The van der Waals surface area contributed by atoms with Gasteiger partial charge in [-0.1, -0.05) is 26.7 Å². The smallest absolute Gasteiger partial charge is 0.151 e. The highest BCUT2D eigenvalue weighted by molar-refractivity contribution is 5.88. The third-order valence-corrected chi connectivity index (χ3v) is 3.86. The molecule has 0 amide bonds. The van der Waals surface area contributed by atoms with Crippen molar-refractivity contribution in [2.45, 2.75) is 59.4 Å². The van der Waals surface area contributed by atoms with E-state index < -0.39 is 0 Å². The van der Waals surface area contributed by atoms with Crippen LogP contribution in [0.1, 0.15) is 49.7 Å². The van der Waals surface area contributed by atoms with E-state index in [1.54, 1.807) is 0 Å². The zero-order valence-corrected chi connectivity index (χ0v) is 12.9. The zero-order valence-electron chi connectivity index (χ0n) is 12.9. The molecule has 2 N–H and O–H groups in total. The molecule has 2 rings (SSSR count). The molecule has 4 heteroatoms. The number of hydrogen-bond donors (Lipinski definition) is 1. The van der Waals surface area contributed by atoms with Crippen LogP contribution in [-0.4, -0.2) is 14.5 Å². The Bertz CT molecular complexity index is 598. The Balaban J connectivity index is 2.60. The van der Waals surface area contributed by atoms with Gasteiger partial charge in [-0.25, -0.2) is 9.97 Å². The molecule has 2 aromatic heterocycles. The highest BCUT2D eigenvalue weighted by Crippen LogP contribution is 2.27. The van der Waals surface area contributed by atoms with Gasteiger partial charge in [-0.3, -0.25) is 0 Å². The molecule has 0 aliphatic heterocycles. The maximum atomic E-state index is 6.07. The molecule has 0 bridgehead atoms. The SMILES string of the molecule is [CH2]CCCn1c(CCCC)nc2c(N)nc(C)c(C)c21. The first-order chi connectivity index (χ1) is 9.60. The lowest BCUT2D eigenvalue weighted by atomic mass is 10.2. The van der Waals surface area contributed by atoms with Gasteiger partial charge in [-0.15, -0.1) is 0 Å². The largest absolute Gasteiger partial charge is 0.382 e. The minimum Gasteiger partial charge on any atom is -0.382 e. The molecule has 1 radical (unpaired) electrons. The maximum Gasteiger partial charge on any atom is 0.151 e. The Morgan fingerprint density at radius 2 is 1.95 bits per heavy atom. The lowest BCUT2D eigenvalue weighted by molar-refractivity contribution is 0.614. The van der Waals surface area contributed by atoms with Gasteiger partial charge >= 0.3 is 0 Å². The van der Waals surface area contributed by atoms with Crippen LogP contribution in [0.15, 0.2) is 0 Å². The van der Waals surface area contributed by atoms with Crippen LogP contribution in [0, 0.1) is 20.8 Å². The predicted octanol–water partition coefficient (Wildman–Crippen LogP) is 3.59. The van der Waals surface area contributed by atoms with Crippen molar-refractivity contribution in [1.82, 2.24) is 14.5 Å². The number of nitrogen functional groups attached to an aromatic ring is 1. The summed E-state index contributed by atoms with van der Waals surface area (Å²) in [5.41, 5.74) is 10.3. The number of aryl methyl sites for hydroxylation is 4. The Morgan fingerprint density at radius 1 is 1.20 bits per heavy atom. The van der Waals surface area contributed by atoms with Gasteiger partial charge in [0.1, 0.15) is 11.3 Å². The highest BCUT2D eigenvalue weighted by Gasteiger charge is 2.16. The van der Waals surface area contributed by atoms with E-state index in [1.807, 2.05) is 6.92 Å². The molecule has 0 saturated heterocycles. The lowest BCUT2D eigenvalue weighted by Crippen LogP contribution is -2.06. The molecule has 0 fully saturated rings. The van der Waals surface area contributed by atoms with Crippen LogP contribution >= 0.6 is 0 Å². The molecule has 0 saturated carbocycles. The van der Waals surface area contributed by atoms with Crippen LogP contribution in [0.25, 0.3) is 11.0 Å². The summed E-state index contributed by atoms with van der Waals surface area (Å²) in [7, 11) is 0. The second-order valence-corrected chi connectivity index (χ2v) is 5.39. The van der Waals surface area contributed by atoms with Crippen molar-refractivity contribution in [2.24, 2.45) is 0 Å². The van der Waals surface area contributed by atoms with Gasteiger partial charge in [0.25, 0.3) is 0 Å². The monoisotopic (exact) mass is 273 g/mol. The maximum absolute atomic E-state index is 6.07. The van der Waals surface area contributed by atoms with Crippen LogP contribution in [0.2, 0.25) is 0 Å². The molecule has 0 unspecified atom stereocenters. The standard InChI is InChI=1S/C16H25N4/c1-5-7-9-13-19-14-15(20(13)10-8-6-2)11(3)12(4)18-16(14)17/h2,5-10H2,1,3-4H3,(H2,17,18). The molecule has 4 nitrogen and oxygen atoms in total. The van der Waals surface area contributed by atoms with E-state index in [2.05, 4.69) is 30.3 Å². The summed E-state index contributed by atoms with van der Waals surface area (Å²) >= 11 is 0. The molecule has 0 aliphatic rings. The Kier molecular flexibility index (Phi) is 4.63. The number of unbranched alkanes of at least 4 members (excludes halogenated alkanes) is 2. The summed E-state index contributed by atoms with van der Waals surface area (Å²) in [6.45, 7) is 11.2. The predicted molar refractivity (Wildman–Crippen MR) is 84.6 cm³/mol. The Labute approximate surface area is 121 Å². The van der Waals surface area contributed by atoms with Gasteiger partial charge in [0.05, 0.1) is 5.52 Å². The molecule has 0 atom stereocenters. The number of imidazole rings is 1. The fraction of sp³-hybridized carbons (Fsp3) is 0.562. The van der Waals surface area contributed by atoms with Crippen molar-refractivity contribution in [2.75, 3.05) is 5.73 Å². The van der Waals surface area contributed by atoms with Crippen molar-refractivity contribution in [3.05, 3.63) is 24.0 Å². The van der Waals surface area contributed by atoms with Crippen LogP contribution < -0.4 is 5.73 Å². The molecule has 109 valence electrons. The van der Waals surface area contributed by atoms with E-state index in [0.717, 1.165) is 54.8 Å². The van der Waals surface area contributed by atoms with E-state index in [1.165, 1.54) is 12.0 Å². The van der Waals surface area contributed by atoms with E-state index in [9.17, 15) is 0 Å². The van der Waals surface area contributed by atoms with Crippen molar-refractivity contribution in [3.63, 3.8) is 0 Å². The topological polar surface area (TPSA) is 56.7 Å². The zero-order chi connectivity index (χ0) is 14.7. The van der Waals surface area contributed by atoms with Crippen molar-refractivity contribution in [1.29, 1.82) is 0 Å². The summed E-state index contributed by atoms with van der Waals surface area (Å²) in [5, 5.41) is 0. The average Bonchev–Trinajstić information content (AvgIpc) is 2.79. The van der Waals surface area contributed by atoms with Crippen LogP contribution in [0.5, 0.6) is 0 Å². The molecular weight excluding hydrogens is 248 g/mol. The molecule has 2 aromatic rings. The minimum atomic E-state index is 0.550. The third-order valence-electron chi connectivity index (χ3n) is 3.86. The number of hydrogen-bond acceptors (Lipinski definition) is 3. The van der Waals surface area contributed by atoms with Gasteiger partial charge in [-0.05, 0) is 32.3 Å². The minimum absolute atomic E-state index is 0.550. The second-order valence-electron chi connectivity index (χ2n) is 5.39. The fourth-order valence-electron chi connectivity index (χ4n) is 2.58. The van der Waals surface area contributed by atoms with E-state index in [-0.39, 0.29) is 0 Å². The quantitative estimate of drug-likeness (QED) is 0.875. The summed E-state index contributed by atoms with van der Waals surface area (Å²) in [5.74, 6) is 1.69. The van der Waals surface area contributed by atoms with Crippen LogP contribution in [0.3, 0.4) is 0 Å². The fourth-order valence-corrected chi connectivity index (χ4v) is 2.58. The van der Waals surface area contributed by atoms with Crippen LogP contribution in [0.4, 0.5) is 5.82 Å². The first-order valence-corrected chi connectivity index (χ1v) is 7.51. The molecule has 0 spiro atoms. The number of fused-ring (bicyclic) bond motifs is 1. The Morgan fingerprint density at radius 3 is 2.60 bits per heavy atom. The molecule has 0 aliphatic carbocycles. The first-order valence-electron chi connectivity index (χ1n) is 7.51. The van der Waals surface area contributed by atoms with Gasteiger partial charge in [-0.2, -0.15) is 0 Å². The number of aromatic nitrogens is 3.